The van der Waals surface area contributed by atoms with Gasteiger partial charge in [0.1, 0.15) is 0 Å². The molecule has 0 radical (unpaired) electrons. The molecule has 1 aromatic rings. The van der Waals surface area contributed by atoms with Crippen molar-refractivity contribution in [2.45, 2.75) is 6.36 Å². The Bertz CT molecular complexity index is 347. The molecule has 1 saturated heterocycles. The summed E-state index contributed by atoms with van der Waals surface area (Å²) in [6.45, 7) is 1.54. The summed E-state index contributed by atoms with van der Waals surface area (Å²) in [5.74, 6) is 0. The minimum absolute atomic E-state index is 0.244. The number of benzene rings is 1. The van der Waals surface area contributed by atoms with Crippen molar-refractivity contribution in [1.29, 1.82) is 0 Å². The largest absolute Gasteiger partial charge is 0.539 e. The minimum atomic E-state index is -4.59. The van der Waals surface area contributed by atoms with Gasteiger partial charge in [0.25, 0.3) is 0 Å². The molecule has 2 rings (SSSR count). The highest BCUT2D eigenvalue weighted by Crippen LogP contribution is 2.21. The van der Waals surface area contributed by atoms with Gasteiger partial charge in [-0.25, -0.2) is 4.84 Å². The van der Waals surface area contributed by atoms with Gasteiger partial charge in [0, 0.05) is 31.9 Å². The lowest BCUT2D eigenvalue weighted by atomic mass is 10.2. The third-order valence-electron chi connectivity index (χ3n) is 2.59. The minimum Gasteiger partial charge on any atom is -0.369 e. The Kier molecular flexibility index (Phi) is 3.54. The fraction of sp³-hybridized carbons (Fsp3) is 0.455. The molecule has 3 nitrogen and oxygen atoms in total. The number of anilines is 1. The average molecular weight is 246 g/mol. The van der Waals surface area contributed by atoms with Crippen molar-refractivity contribution in [2.24, 2.45) is 0 Å². The van der Waals surface area contributed by atoms with Gasteiger partial charge < -0.3 is 4.90 Å². The van der Waals surface area contributed by atoms with Gasteiger partial charge in [-0.15, -0.1) is 13.2 Å². The van der Waals surface area contributed by atoms with Gasteiger partial charge in [-0.3, -0.25) is 0 Å². The van der Waals surface area contributed by atoms with Crippen LogP contribution in [0.5, 0.6) is 0 Å². The first-order valence-electron chi connectivity index (χ1n) is 5.35. The molecule has 0 amide bonds. The lowest BCUT2D eigenvalue weighted by molar-refractivity contribution is -0.414. The molecule has 1 fully saturated rings. The maximum Gasteiger partial charge on any atom is 0.539 e. The van der Waals surface area contributed by atoms with Gasteiger partial charge in [0.2, 0.25) is 0 Å². The van der Waals surface area contributed by atoms with Crippen LogP contribution in [0.1, 0.15) is 0 Å². The highest BCUT2D eigenvalue weighted by molar-refractivity contribution is 5.46. The second-order valence-corrected chi connectivity index (χ2v) is 3.79. The van der Waals surface area contributed by atoms with E-state index in [2.05, 4.69) is 4.84 Å². The van der Waals surface area contributed by atoms with E-state index < -0.39 is 6.36 Å². The molecule has 0 atom stereocenters. The number of hydroxylamine groups is 2. The molecule has 0 bridgehead atoms. The summed E-state index contributed by atoms with van der Waals surface area (Å²) in [6.07, 6.45) is -4.59. The van der Waals surface area contributed by atoms with Crippen molar-refractivity contribution >= 4 is 5.69 Å². The zero-order chi connectivity index (χ0) is 12.3. The predicted octanol–water partition coefficient (Wildman–Crippen LogP) is 2.26. The van der Waals surface area contributed by atoms with Crippen LogP contribution in [0.15, 0.2) is 30.3 Å². The van der Waals surface area contributed by atoms with Gasteiger partial charge in [0.15, 0.2) is 0 Å². The van der Waals surface area contributed by atoms with E-state index in [0.717, 1.165) is 10.8 Å². The summed E-state index contributed by atoms with van der Waals surface area (Å²) in [6, 6.07) is 9.62. The van der Waals surface area contributed by atoms with Crippen LogP contribution in [0.3, 0.4) is 0 Å². The molecule has 0 spiro atoms. The van der Waals surface area contributed by atoms with Crippen LogP contribution in [-0.4, -0.2) is 37.6 Å². The number of hydrogen-bond acceptors (Lipinski definition) is 3. The van der Waals surface area contributed by atoms with Crippen molar-refractivity contribution in [2.75, 3.05) is 31.1 Å². The Labute approximate surface area is 97.3 Å². The Balaban J connectivity index is 1.86. The normalized spacial score (nSPS) is 18.4. The van der Waals surface area contributed by atoms with Crippen molar-refractivity contribution in [3.05, 3.63) is 30.3 Å². The first kappa shape index (κ1) is 12.2. The highest BCUT2D eigenvalue weighted by Gasteiger charge is 2.34. The Morgan fingerprint density at radius 2 is 1.53 bits per heavy atom. The molecule has 1 aromatic carbocycles. The molecule has 1 aliphatic heterocycles. The first-order chi connectivity index (χ1) is 8.04. The number of para-hydroxylation sites is 1. The van der Waals surface area contributed by atoms with Gasteiger partial charge in [0.05, 0.1) is 0 Å². The SMILES string of the molecule is FC(F)(F)ON1CCN(c2ccccc2)CC1. The molecule has 94 valence electrons. The molecule has 0 saturated carbocycles. The van der Waals surface area contributed by atoms with Crippen molar-refractivity contribution in [3.8, 4) is 0 Å². The molecule has 1 heterocycles. The Morgan fingerprint density at radius 1 is 0.941 bits per heavy atom. The second-order valence-electron chi connectivity index (χ2n) is 3.79. The van der Waals surface area contributed by atoms with E-state index in [1.165, 1.54) is 0 Å². The van der Waals surface area contributed by atoms with Gasteiger partial charge in [-0.1, -0.05) is 18.2 Å². The monoisotopic (exact) mass is 246 g/mol. The van der Waals surface area contributed by atoms with Crippen LogP contribution in [-0.2, 0) is 4.84 Å². The van der Waals surface area contributed by atoms with E-state index in [9.17, 15) is 13.2 Å². The summed E-state index contributed by atoms with van der Waals surface area (Å²) in [7, 11) is 0. The second kappa shape index (κ2) is 4.93. The van der Waals surface area contributed by atoms with Crippen LogP contribution in [0, 0.1) is 0 Å². The lowest BCUT2D eigenvalue weighted by Gasteiger charge is -2.35. The average Bonchev–Trinajstić information content (AvgIpc) is 2.29. The predicted molar refractivity (Wildman–Crippen MR) is 57.4 cm³/mol. The maximum atomic E-state index is 12.0. The lowest BCUT2D eigenvalue weighted by Crippen LogP contribution is -2.48. The van der Waals surface area contributed by atoms with Crippen LogP contribution in [0.25, 0.3) is 0 Å². The Hall–Kier alpha value is -1.27. The van der Waals surface area contributed by atoms with Crippen molar-refractivity contribution < 1.29 is 18.0 Å². The van der Waals surface area contributed by atoms with Gasteiger partial charge in [-0.2, -0.15) is 5.06 Å². The third-order valence-corrected chi connectivity index (χ3v) is 2.59. The fourth-order valence-corrected chi connectivity index (χ4v) is 1.82. The molecule has 17 heavy (non-hydrogen) atoms. The quantitative estimate of drug-likeness (QED) is 0.796. The first-order valence-corrected chi connectivity index (χ1v) is 5.35. The number of halogens is 3. The van der Waals surface area contributed by atoms with E-state index in [1.807, 2.05) is 35.2 Å². The summed E-state index contributed by atoms with van der Waals surface area (Å²) >= 11 is 0. The van der Waals surface area contributed by atoms with Gasteiger partial charge >= 0.3 is 6.36 Å². The molecule has 0 unspecified atom stereocenters. The number of rotatable bonds is 2. The van der Waals surface area contributed by atoms with E-state index in [1.54, 1.807) is 0 Å². The zero-order valence-electron chi connectivity index (χ0n) is 9.15. The summed E-state index contributed by atoms with van der Waals surface area (Å²) < 4.78 is 35.9. The van der Waals surface area contributed by atoms with Crippen LogP contribution in [0.2, 0.25) is 0 Å². The molecule has 0 aliphatic carbocycles. The van der Waals surface area contributed by atoms with Crippen molar-refractivity contribution in [3.63, 3.8) is 0 Å². The van der Waals surface area contributed by atoms with Crippen molar-refractivity contribution in [1.82, 2.24) is 5.06 Å². The maximum absolute atomic E-state index is 12.0. The molecule has 0 aromatic heterocycles. The molecule has 0 N–H and O–H groups in total. The third kappa shape index (κ3) is 3.61. The topological polar surface area (TPSA) is 15.7 Å². The zero-order valence-corrected chi connectivity index (χ0v) is 9.15. The van der Waals surface area contributed by atoms with Crippen LogP contribution >= 0.6 is 0 Å². The Morgan fingerprint density at radius 3 is 2.06 bits per heavy atom. The van der Waals surface area contributed by atoms with E-state index >= 15 is 0 Å². The van der Waals surface area contributed by atoms with E-state index in [4.69, 9.17) is 0 Å². The molecular weight excluding hydrogens is 233 g/mol. The number of hydrogen-bond donors (Lipinski definition) is 0. The highest BCUT2D eigenvalue weighted by atomic mass is 19.4. The fourth-order valence-electron chi connectivity index (χ4n) is 1.82. The molecular formula is C11H13F3N2O. The van der Waals surface area contributed by atoms with E-state index in [-0.39, 0.29) is 13.1 Å². The van der Waals surface area contributed by atoms with E-state index in [0.29, 0.717) is 13.1 Å². The number of piperazine rings is 1. The standard InChI is InChI=1S/C11H13F3N2O/c12-11(13,14)17-16-8-6-15(7-9-16)10-4-2-1-3-5-10/h1-5H,6-9H2. The van der Waals surface area contributed by atoms with Crippen LogP contribution < -0.4 is 4.90 Å². The smallest absolute Gasteiger partial charge is 0.369 e. The van der Waals surface area contributed by atoms with Gasteiger partial charge in [-0.05, 0) is 12.1 Å². The molecule has 6 heteroatoms. The summed E-state index contributed by atoms with van der Waals surface area (Å²) in [4.78, 5) is 5.91. The summed E-state index contributed by atoms with van der Waals surface area (Å²) in [5, 5.41) is 0.958. The molecule has 1 aliphatic rings. The summed E-state index contributed by atoms with van der Waals surface area (Å²) in [5.41, 5.74) is 1.03. The number of alkyl halides is 3. The number of nitrogens with zero attached hydrogens (tertiary/aromatic N) is 2. The van der Waals surface area contributed by atoms with Crippen LogP contribution in [0.4, 0.5) is 18.9 Å².